The maximum absolute atomic E-state index is 16.0. The number of anilines is 1. The van der Waals surface area contributed by atoms with E-state index < -0.39 is 11.6 Å². The van der Waals surface area contributed by atoms with Crippen molar-refractivity contribution >= 4 is 27.5 Å². The van der Waals surface area contributed by atoms with Crippen molar-refractivity contribution < 1.29 is 13.9 Å². The number of halogens is 2. The van der Waals surface area contributed by atoms with Crippen molar-refractivity contribution in [2.45, 2.75) is 24.9 Å². The Balaban J connectivity index is 1.60. The average Bonchev–Trinajstić information content (AvgIpc) is 3.25. The van der Waals surface area contributed by atoms with E-state index in [1.165, 1.54) is 28.9 Å². The molecule has 6 nitrogen and oxygen atoms in total. The number of nitrogens with zero attached hydrogens (tertiary/aromatic N) is 4. The number of aromatic hydroxyl groups is 1. The van der Waals surface area contributed by atoms with Crippen molar-refractivity contribution in [2.24, 2.45) is 7.05 Å². The second-order valence-corrected chi connectivity index (χ2v) is 8.74. The SMILES string of the molecule is C#Cc1c(F)ccc2cc(O)cc(-c3ncc4c(N5C6CCC5CNC6)nn(C)c4c3F)c12. The molecule has 0 aliphatic carbocycles. The summed E-state index contributed by atoms with van der Waals surface area (Å²) >= 11 is 0. The third-order valence-corrected chi connectivity index (χ3v) is 6.88. The minimum atomic E-state index is -0.588. The van der Waals surface area contributed by atoms with E-state index in [1.807, 2.05) is 0 Å². The Labute approximate surface area is 188 Å². The monoisotopic (exact) mass is 445 g/mol. The molecule has 0 saturated carbocycles. The molecule has 2 aromatic carbocycles. The Morgan fingerprint density at radius 3 is 2.67 bits per heavy atom. The lowest BCUT2D eigenvalue weighted by Gasteiger charge is -2.35. The maximum atomic E-state index is 16.0. The van der Waals surface area contributed by atoms with E-state index in [0.717, 1.165) is 31.7 Å². The number of fused-ring (bicyclic) bond motifs is 4. The van der Waals surface area contributed by atoms with E-state index in [0.29, 0.717) is 33.8 Å². The van der Waals surface area contributed by atoms with Crippen LogP contribution in [0.2, 0.25) is 0 Å². The predicted molar refractivity (Wildman–Crippen MR) is 123 cm³/mol. The Morgan fingerprint density at radius 2 is 1.94 bits per heavy atom. The summed E-state index contributed by atoms with van der Waals surface area (Å²) in [6.45, 7) is 1.75. The Kier molecular flexibility index (Phi) is 4.32. The molecule has 2 N–H and O–H groups in total. The molecule has 166 valence electrons. The van der Waals surface area contributed by atoms with Crippen LogP contribution in [0.3, 0.4) is 0 Å². The minimum Gasteiger partial charge on any atom is -0.508 e. The normalized spacial score (nSPS) is 20.0. The van der Waals surface area contributed by atoms with Crippen LogP contribution >= 0.6 is 0 Å². The van der Waals surface area contributed by atoms with E-state index in [9.17, 15) is 9.50 Å². The molecule has 0 radical (unpaired) electrons. The van der Waals surface area contributed by atoms with E-state index in [2.05, 4.69) is 26.2 Å². The van der Waals surface area contributed by atoms with Gasteiger partial charge in [0.2, 0.25) is 0 Å². The van der Waals surface area contributed by atoms with Gasteiger partial charge in [0.25, 0.3) is 0 Å². The van der Waals surface area contributed by atoms with Gasteiger partial charge in [-0.3, -0.25) is 9.67 Å². The summed E-state index contributed by atoms with van der Waals surface area (Å²) in [6, 6.07) is 6.23. The van der Waals surface area contributed by atoms with Gasteiger partial charge < -0.3 is 15.3 Å². The summed E-state index contributed by atoms with van der Waals surface area (Å²) in [6.07, 6.45) is 9.33. The van der Waals surface area contributed by atoms with Gasteiger partial charge in [-0.1, -0.05) is 12.0 Å². The number of hydrogen-bond acceptors (Lipinski definition) is 5. The molecule has 4 aromatic rings. The predicted octanol–water partition coefficient (Wildman–Crippen LogP) is 3.69. The molecule has 0 spiro atoms. The summed E-state index contributed by atoms with van der Waals surface area (Å²) in [5.74, 6) is 1.83. The average molecular weight is 445 g/mol. The van der Waals surface area contributed by atoms with Gasteiger partial charge in [0.15, 0.2) is 11.6 Å². The van der Waals surface area contributed by atoms with Crippen LogP contribution in [0, 0.1) is 24.0 Å². The zero-order valence-electron chi connectivity index (χ0n) is 17.9. The molecular weight excluding hydrogens is 424 g/mol. The number of phenolic OH excluding ortho intramolecular Hbond substituents is 1. The molecule has 2 aliphatic rings. The van der Waals surface area contributed by atoms with Crippen molar-refractivity contribution in [3.63, 3.8) is 0 Å². The Bertz CT molecular complexity index is 1470. The first-order chi connectivity index (χ1) is 16.0. The molecule has 2 aliphatic heterocycles. The molecule has 2 unspecified atom stereocenters. The van der Waals surface area contributed by atoms with Gasteiger partial charge in [0.1, 0.15) is 22.8 Å². The number of pyridine rings is 1. The third-order valence-electron chi connectivity index (χ3n) is 6.88. The van der Waals surface area contributed by atoms with Crippen LogP contribution in [0.4, 0.5) is 14.6 Å². The van der Waals surface area contributed by atoms with Gasteiger partial charge in [0, 0.05) is 49.4 Å². The first-order valence-electron chi connectivity index (χ1n) is 10.9. The lowest BCUT2D eigenvalue weighted by molar-refractivity contribution is 0.476. The smallest absolute Gasteiger partial charge is 0.175 e. The highest BCUT2D eigenvalue weighted by Crippen LogP contribution is 2.40. The fraction of sp³-hybridized carbons (Fsp3) is 0.280. The van der Waals surface area contributed by atoms with Crippen LogP contribution in [0.15, 0.2) is 30.5 Å². The third kappa shape index (κ3) is 2.82. The number of nitrogens with one attached hydrogen (secondary N) is 1. The van der Waals surface area contributed by atoms with Crippen LogP contribution in [0.1, 0.15) is 18.4 Å². The quantitative estimate of drug-likeness (QED) is 0.461. The summed E-state index contributed by atoms with van der Waals surface area (Å²) in [5, 5.41) is 19.9. The summed E-state index contributed by atoms with van der Waals surface area (Å²) in [4.78, 5) is 6.73. The fourth-order valence-electron chi connectivity index (χ4n) is 5.46. The van der Waals surface area contributed by atoms with E-state index in [4.69, 9.17) is 6.42 Å². The van der Waals surface area contributed by atoms with Gasteiger partial charge in [-0.25, -0.2) is 8.78 Å². The lowest BCUT2D eigenvalue weighted by atomic mass is 9.96. The summed E-state index contributed by atoms with van der Waals surface area (Å²) in [5.41, 5.74) is 0.542. The largest absolute Gasteiger partial charge is 0.508 e. The molecule has 2 atom stereocenters. The number of piperazine rings is 1. The zero-order valence-corrected chi connectivity index (χ0v) is 17.9. The number of aromatic nitrogens is 3. The number of aryl methyl sites for hydroxylation is 1. The number of hydrogen-bond donors (Lipinski definition) is 2. The maximum Gasteiger partial charge on any atom is 0.175 e. The standard InChI is InChI=1S/C25H21F2N5O/c1-3-17-20(26)7-4-13-8-16(33)9-18(21(13)17)23-22(27)24-19(12-29-23)25(30-31(24)2)32-14-5-6-15(32)11-28-10-14/h1,4,7-9,12,14-15,28,33H,5-6,10-11H2,2H3. The number of benzene rings is 2. The number of rotatable bonds is 2. The molecule has 2 bridgehead atoms. The van der Waals surface area contributed by atoms with Crippen LogP contribution in [0.25, 0.3) is 32.9 Å². The molecular formula is C25H21F2N5O. The molecule has 8 heteroatoms. The lowest BCUT2D eigenvalue weighted by Crippen LogP contribution is -2.52. The van der Waals surface area contributed by atoms with Gasteiger partial charge >= 0.3 is 0 Å². The van der Waals surface area contributed by atoms with Gasteiger partial charge in [-0.05, 0) is 36.4 Å². The first kappa shape index (κ1) is 19.9. The molecule has 6 rings (SSSR count). The summed E-state index contributed by atoms with van der Waals surface area (Å²) in [7, 11) is 1.70. The van der Waals surface area contributed by atoms with Crippen molar-refractivity contribution in [2.75, 3.05) is 18.0 Å². The molecule has 33 heavy (non-hydrogen) atoms. The minimum absolute atomic E-state index is 0.00637. The van der Waals surface area contributed by atoms with Gasteiger partial charge in [-0.2, -0.15) is 5.10 Å². The highest BCUT2D eigenvalue weighted by atomic mass is 19.1. The summed E-state index contributed by atoms with van der Waals surface area (Å²) < 4.78 is 32.0. The topological polar surface area (TPSA) is 66.2 Å². The second kappa shape index (κ2) is 7.15. The Morgan fingerprint density at radius 1 is 1.18 bits per heavy atom. The highest BCUT2D eigenvalue weighted by molar-refractivity contribution is 6.03. The molecule has 4 heterocycles. The van der Waals surface area contributed by atoms with Crippen molar-refractivity contribution in [3.8, 4) is 29.4 Å². The van der Waals surface area contributed by atoms with Crippen LogP contribution in [-0.2, 0) is 7.05 Å². The van der Waals surface area contributed by atoms with Crippen molar-refractivity contribution in [3.05, 3.63) is 47.7 Å². The van der Waals surface area contributed by atoms with E-state index >= 15 is 4.39 Å². The first-order valence-corrected chi connectivity index (χ1v) is 10.9. The van der Waals surface area contributed by atoms with E-state index in [-0.39, 0.29) is 22.6 Å². The van der Waals surface area contributed by atoms with E-state index in [1.54, 1.807) is 13.2 Å². The van der Waals surface area contributed by atoms with Crippen LogP contribution in [-0.4, -0.2) is 45.0 Å². The molecule has 0 amide bonds. The number of terminal acetylenes is 1. The fourth-order valence-corrected chi connectivity index (χ4v) is 5.46. The molecule has 2 fully saturated rings. The van der Waals surface area contributed by atoms with Crippen LogP contribution in [0.5, 0.6) is 5.75 Å². The second-order valence-electron chi connectivity index (χ2n) is 8.74. The van der Waals surface area contributed by atoms with Gasteiger partial charge in [0.05, 0.1) is 10.9 Å². The zero-order chi connectivity index (χ0) is 22.9. The molecule has 2 aromatic heterocycles. The van der Waals surface area contributed by atoms with Crippen molar-refractivity contribution in [1.29, 1.82) is 0 Å². The van der Waals surface area contributed by atoms with Crippen molar-refractivity contribution in [1.82, 2.24) is 20.1 Å². The Hall–Kier alpha value is -3.70. The number of phenols is 1. The van der Waals surface area contributed by atoms with Crippen LogP contribution < -0.4 is 10.2 Å². The highest BCUT2D eigenvalue weighted by Gasteiger charge is 2.39. The molecule has 2 saturated heterocycles. The van der Waals surface area contributed by atoms with Gasteiger partial charge in [-0.15, -0.1) is 6.42 Å².